The third-order valence-electron chi connectivity index (χ3n) is 5.23. The predicted molar refractivity (Wildman–Crippen MR) is 121 cm³/mol. The number of sulfonamides is 1. The molecule has 3 aromatic carbocycles. The summed E-state index contributed by atoms with van der Waals surface area (Å²) in [4.78, 5) is 12.9. The summed E-state index contributed by atoms with van der Waals surface area (Å²) in [7, 11) is -3.64. The summed E-state index contributed by atoms with van der Waals surface area (Å²) in [5.41, 5.74) is 3.62. The van der Waals surface area contributed by atoms with Crippen LogP contribution in [0.4, 0.5) is 11.4 Å². The van der Waals surface area contributed by atoms with E-state index < -0.39 is 10.0 Å². The Hall–Kier alpha value is -3.32. The number of benzene rings is 3. The van der Waals surface area contributed by atoms with Crippen molar-refractivity contribution in [1.29, 1.82) is 0 Å². The number of fused-ring (bicyclic) bond motifs is 1. The molecule has 0 atom stereocenters. The van der Waals surface area contributed by atoms with Crippen molar-refractivity contribution in [2.24, 2.45) is 0 Å². The van der Waals surface area contributed by atoms with Crippen molar-refractivity contribution in [2.75, 3.05) is 22.8 Å². The fourth-order valence-electron chi connectivity index (χ4n) is 3.60. The molecule has 160 valence electrons. The van der Waals surface area contributed by atoms with E-state index in [1.54, 1.807) is 66.7 Å². The smallest absolute Gasteiger partial charge is 0.264 e. The first-order valence-corrected chi connectivity index (χ1v) is 11.6. The maximum atomic E-state index is 13.1. The molecular weight excluding hydrogens is 412 g/mol. The van der Waals surface area contributed by atoms with Crippen LogP contribution in [-0.2, 0) is 16.4 Å². The Morgan fingerprint density at radius 3 is 2.42 bits per heavy atom. The van der Waals surface area contributed by atoms with Crippen molar-refractivity contribution in [3.8, 4) is 5.75 Å². The van der Waals surface area contributed by atoms with E-state index in [2.05, 4.69) is 5.32 Å². The lowest BCUT2D eigenvalue weighted by Crippen LogP contribution is -2.29. The van der Waals surface area contributed by atoms with Gasteiger partial charge in [0, 0.05) is 17.8 Å². The van der Waals surface area contributed by atoms with Gasteiger partial charge in [-0.2, -0.15) is 0 Å². The van der Waals surface area contributed by atoms with Crippen LogP contribution in [0, 0.1) is 6.92 Å². The molecule has 0 aromatic heterocycles. The second-order valence-electron chi connectivity index (χ2n) is 7.40. The van der Waals surface area contributed by atoms with Crippen molar-refractivity contribution in [2.45, 2.75) is 25.2 Å². The van der Waals surface area contributed by atoms with E-state index >= 15 is 0 Å². The van der Waals surface area contributed by atoms with E-state index in [0.717, 1.165) is 16.9 Å². The molecule has 1 amide bonds. The SMILES string of the molecule is CCOc1ccc(NC(=O)c2ccc3c(c2)CCN3S(=O)(=O)c2ccc(C)cc2)cc1. The normalized spacial score (nSPS) is 13.0. The molecule has 6 nitrogen and oxygen atoms in total. The first-order chi connectivity index (χ1) is 14.9. The topological polar surface area (TPSA) is 75.7 Å². The number of amides is 1. The number of carbonyl (C=O) groups is 1. The van der Waals surface area contributed by atoms with E-state index in [1.165, 1.54) is 4.31 Å². The minimum absolute atomic E-state index is 0.244. The van der Waals surface area contributed by atoms with Gasteiger partial charge in [-0.3, -0.25) is 9.10 Å². The Labute approximate surface area is 182 Å². The molecule has 3 aromatic rings. The number of rotatable bonds is 6. The number of anilines is 2. The minimum Gasteiger partial charge on any atom is -0.494 e. The van der Waals surface area contributed by atoms with Crippen LogP contribution in [0.3, 0.4) is 0 Å². The summed E-state index contributed by atoms with van der Waals surface area (Å²) in [6.07, 6.45) is 0.560. The van der Waals surface area contributed by atoms with Crippen molar-refractivity contribution in [3.63, 3.8) is 0 Å². The van der Waals surface area contributed by atoms with Crippen molar-refractivity contribution in [1.82, 2.24) is 0 Å². The highest BCUT2D eigenvalue weighted by Gasteiger charge is 2.31. The highest BCUT2D eigenvalue weighted by Crippen LogP contribution is 2.34. The van der Waals surface area contributed by atoms with Crippen LogP contribution in [0.2, 0.25) is 0 Å². The van der Waals surface area contributed by atoms with Gasteiger partial charge in [0.25, 0.3) is 15.9 Å². The number of carbonyl (C=O) groups excluding carboxylic acids is 1. The Kier molecular flexibility index (Phi) is 5.69. The average Bonchev–Trinajstić information content (AvgIpc) is 3.20. The zero-order chi connectivity index (χ0) is 22.0. The molecule has 1 N–H and O–H groups in total. The Morgan fingerprint density at radius 1 is 1.03 bits per heavy atom. The van der Waals surface area contributed by atoms with Crippen molar-refractivity contribution < 1.29 is 17.9 Å². The Morgan fingerprint density at radius 2 is 1.74 bits per heavy atom. The molecule has 0 radical (unpaired) electrons. The van der Waals surface area contributed by atoms with Gasteiger partial charge in [-0.25, -0.2) is 8.42 Å². The number of nitrogens with zero attached hydrogens (tertiary/aromatic N) is 1. The first kappa shape index (κ1) is 20.9. The maximum absolute atomic E-state index is 13.1. The maximum Gasteiger partial charge on any atom is 0.264 e. The van der Waals surface area contributed by atoms with Crippen LogP contribution in [-0.4, -0.2) is 27.5 Å². The molecule has 0 saturated carbocycles. The number of aryl methyl sites for hydroxylation is 1. The lowest BCUT2D eigenvalue weighted by Gasteiger charge is -2.20. The zero-order valence-corrected chi connectivity index (χ0v) is 18.3. The molecule has 0 spiro atoms. The summed E-state index contributed by atoms with van der Waals surface area (Å²) in [5, 5.41) is 2.86. The van der Waals surface area contributed by atoms with E-state index in [9.17, 15) is 13.2 Å². The van der Waals surface area contributed by atoms with Gasteiger partial charge in [-0.05, 0) is 80.4 Å². The van der Waals surface area contributed by atoms with E-state index in [1.807, 2.05) is 13.8 Å². The summed E-state index contributed by atoms with van der Waals surface area (Å²) >= 11 is 0. The van der Waals surface area contributed by atoms with Gasteiger partial charge in [-0.1, -0.05) is 17.7 Å². The predicted octanol–water partition coefficient (Wildman–Crippen LogP) is 4.40. The van der Waals surface area contributed by atoms with Gasteiger partial charge >= 0.3 is 0 Å². The molecule has 7 heteroatoms. The zero-order valence-electron chi connectivity index (χ0n) is 17.5. The lowest BCUT2D eigenvalue weighted by atomic mass is 10.1. The van der Waals surface area contributed by atoms with Gasteiger partial charge < -0.3 is 10.1 Å². The second-order valence-corrected chi connectivity index (χ2v) is 9.26. The average molecular weight is 437 g/mol. The standard InChI is InChI=1S/C24H24N2O4S/c1-3-30-21-9-7-20(8-10-21)25-24(27)19-6-13-23-18(16-19)14-15-26(23)31(28,29)22-11-4-17(2)5-12-22/h4-13,16H,3,14-15H2,1-2H3,(H,25,27). The van der Waals surface area contributed by atoms with Crippen LogP contribution in [0.1, 0.15) is 28.4 Å². The van der Waals surface area contributed by atoms with Gasteiger partial charge in [0.2, 0.25) is 0 Å². The molecule has 1 aliphatic rings. The molecule has 1 aliphatic heterocycles. The van der Waals surface area contributed by atoms with Gasteiger partial charge in [0.15, 0.2) is 0 Å². The number of hydrogen-bond donors (Lipinski definition) is 1. The molecular formula is C24H24N2O4S. The number of ether oxygens (including phenoxy) is 1. The largest absolute Gasteiger partial charge is 0.494 e. The highest BCUT2D eigenvalue weighted by atomic mass is 32.2. The molecule has 1 heterocycles. The molecule has 0 aliphatic carbocycles. The fourth-order valence-corrected chi connectivity index (χ4v) is 5.11. The summed E-state index contributed by atoms with van der Waals surface area (Å²) in [6, 6.07) is 19.1. The number of nitrogens with one attached hydrogen (secondary N) is 1. The highest BCUT2D eigenvalue weighted by molar-refractivity contribution is 7.92. The van der Waals surface area contributed by atoms with Crippen LogP contribution in [0.25, 0.3) is 0 Å². The molecule has 0 saturated heterocycles. The number of hydrogen-bond acceptors (Lipinski definition) is 4. The van der Waals surface area contributed by atoms with Gasteiger partial charge in [0.05, 0.1) is 17.2 Å². The van der Waals surface area contributed by atoms with Gasteiger partial charge in [-0.15, -0.1) is 0 Å². The second kappa shape index (κ2) is 8.43. The first-order valence-electron chi connectivity index (χ1n) is 10.1. The third-order valence-corrected chi connectivity index (χ3v) is 7.05. The van der Waals surface area contributed by atoms with Crippen molar-refractivity contribution in [3.05, 3.63) is 83.4 Å². The van der Waals surface area contributed by atoms with Crippen molar-refractivity contribution >= 4 is 27.3 Å². The molecule has 0 unspecified atom stereocenters. The molecule has 4 rings (SSSR count). The van der Waals surface area contributed by atoms with E-state index in [4.69, 9.17) is 4.74 Å². The van der Waals surface area contributed by atoms with Crippen LogP contribution >= 0.6 is 0 Å². The molecule has 31 heavy (non-hydrogen) atoms. The van der Waals surface area contributed by atoms with E-state index in [0.29, 0.717) is 36.5 Å². The minimum atomic E-state index is -3.64. The van der Waals surface area contributed by atoms with Crippen LogP contribution in [0.5, 0.6) is 5.75 Å². The fraction of sp³-hybridized carbons (Fsp3) is 0.208. The Balaban J connectivity index is 1.53. The summed E-state index contributed by atoms with van der Waals surface area (Å²) in [5.74, 6) is 0.500. The quantitative estimate of drug-likeness (QED) is 0.622. The van der Waals surface area contributed by atoms with Crippen LogP contribution < -0.4 is 14.4 Å². The van der Waals surface area contributed by atoms with E-state index in [-0.39, 0.29) is 10.8 Å². The molecule has 0 fully saturated rings. The third kappa shape index (κ3) is 4.27. The lowest BCUT2D eigenvalue weighted by molar-refractivity contribution is 0.102. The Bertz CT molecular complexity index is 1200. The monoisotopic (exact) mass is 436 g/mol. The van der Waals surface area contributed by atoms with Gasteiger partial charge in [0.1, 0.15) is 5.75 Å². The molecule has 0 bridgehead atoms. The van der Waals surface area contributed by atoms with Crippen LogP contribution in [0.15, 0.2) is 71.6 Å². The summed E-state index contributed by atoms with van der Waals surface area (Å²) in [6.45, 7) is 4.77. The summed E-state index contributed by atoms with van der Waals surface area (Å²) < 4.78 is 33.0.